The summed E-state index contributed by atoms with van der Waals surface area (Å²) < 4.78 is 43.0. The van der Waals surface area contributed by atoms with E-state index < -0.39 is 68.0 Å². The van der Waals surface area contributed by atoms with E-state index >= 15 is 0 Å². The van der Waals surface area contributed by atoms with Gasteiger partial charge in [-0.25, -0.2) is 19.0 Å². The summed E-state index contributed by atoms with van der Waals surface area (Å²) >= 11 is 0. The summed E-state index contributed by atoms with van der Waals surface area (Å²) in [4.78, 5) is 49.3. The molecule has 5 rings (SSSR count). The van der Waals surface area contributed by atoms with Gasteiger partial charge in [0.05, 0.1) is 25.6 Å². The number of rotatable bonds is 13. The van der Waals surface area contributed by atoms with Gasteiger partial charge in [-0.3, -0.25) is 37.7 Å². The summed E-state index contributed by atoms with van der Waals surface area (Å²) in [6.07, 6.45) is -1.43. The highest BCUT2D eigenvalue weighted by atomic mass is 31.2. The molecule has 5 heterocycles. The number of ether oxygens (including phenoxy) is 2. The molecule has 0 amide bonds. The number of aliphatic hydroxyl groups excluding tert-OH is 2. The van der Waals surface area contributed by atoms with Gasteiger partial charge in [0.2, 0.25) is 5.95 Å². The number of nitrogens with two attached hydrogens (primary N) is 1. The van der Waals surface area contributed by atoms with Crippen molar-refractivity contribution in [3.63, 3.8) is 0 Å². The monoisotopic (exact) mass is 654 g/mol. The minimum Gasteiger partial charge on any atom is -0.394 e. The first-order valence-electron chi connectivity index (χ1n) is 14.8. The lowest BCUT2D eigenvalue weighted by Crippen LogP contribution is -2.34. The quantitative estimate of drug-likeness (QED) is 0.154. The number of imidazole rings is 1. The third kappa shape index (κ3) is 6.83. The van der Waals surface area contributed by atoms with Gasteiger partial charge in [0.25, 0.3) is 11.1 Å². The second-order valence-electron chi connectivity index (χ2n) is 11.1. The van der Waals surface area contributed by atoms with E-state index in [-0.39, 0.29) is 36.6 Å². The van der Waals surface area contributed by atoms with Crippen LogP contribution in [0.4, 0.5) is 5.95 Å². The minimum atomic E-state index is -4.10. The van der Waals surface area contributed by atoms with Crippen molar-refractivity contribution in [2.24, 2.45) is 0 Å². The van der Waals surface area contributed by atoms with Gasteiger partial charge in [-0.15, -0.1) is 0 Å². The number of anilines is 1. The normalized spacial score (nSPS) is 26.6. The van der Waals surface area contributed by atoms with Crippen molar-refractivity contribution in [3.05, 3.63) is 49.3 Å². The molecule has 6 N–H and O–H groups in total. The topological polar surface area (TPSA) is 242 Å². The lowest BCUT2D eigenvalue weighted by atomic mass is 10.2. The fourth-order valence-electron chi connectivity index (χ4n) is 5.53. The SMILES string of the molecule is CCCN(CCC)P(=O)(OC[C@H]1O[C@@H](n2cc(C)c(=O)[nH]c2=O)CC1O)OC1C[C@H](n2cnc3c(=O)[nH]c(N)nc32)O[C@@H]1CO. The molecular weight excluding hydrogens is 615 g/mol. The van der Waals surface area contributed by atoms with Crippen LogP contribution in [0.15, 0.2) is 26.9 Å². The smallest absolute Gasteiger partial charge is 0.394 e. The number of aryl methyl sites for hydroxylation is 1. The van der Waals surface area contributed by atoms with Gasteiger partial charge in [0.15, 0.2) is 11.2 Å². The third-order valence-electron chi connectivity index (χ3n) is 7.76. The van der Waals surface area contributed by atoms with Gasteiger partial charge < -0.3 is 25.4 Å². The summed E-state index contributed by atoms with van der Waals surface area (Å²) in [6, 6.07) is 0. The molecule has 2 saturated heterocycles. The molecule has 18 nitrogen and oxygen atoms in total. The highest BCUT2D eigenvalue weighted by Crippen LogP contribution is 2.56. The number of aliphatic hydroxyl groups is 2. The number of nitrogens with one attached hydrogen (secondary N) is 2. The zero-order valence-corrected chi connectivity index (χ0v) is 26.1. The summed E-state index contributed by atoms with van der Waals surface area (Å²) in [5.41, 5.74) is 4.53. The predicted octanol–water partition coefficient (Wildman–Crippen LogP) is 0.121. The van der Waals surface area contributed by atoms with Crippen molar-refractivity contribution in [2.45, 2.75) is 83.3 Å². The van der Waals surface area contributed by atoms with Crippen LogP contribution in [0.25, 0.3) is 11.2 Å². The standard InChI is InChI=1S/C26H39N8O10P/c1-4-6-32(7-5-2)45(40,41-12-18-15(36)8-19(43-18)33-10-14(3)23(37)31-26(33)39)44-16-9-20(42-17(16)11-35)34-13-28-21-22(34)29-25(27)30-24(21)38/h10,13,15-20,35-36H,4-9,11-12H2,1-3H3,(H,31,37,39)(H3,27,29,30,38)/t15?,16?,17-,18-,19-,20-,45?/m1/s1. The zero-order valence-electron chi connectivity index (χ0n) is 25.2. The first-order valence-corrected chi connectivity index (χ1v) is 16.3. The van der Waals surface area contributed by atoms with E-state index in [0.717, 1.165) is 0 Å². The summed E-state index contributed by atoms with van der Waals surface area (Å²) in [5.74, 6) is -0.106. The van der Waals surface area contributed by atoms with Crippen LogP contribution in [0.3, 0.4) is 0 Å². The van der Waals surface area contributed by atoms with Crippen LogP contribution >= 0.6 is 7.75 Å². The number of hydrogen-bond acceptors (Lipinski definition) is 13. The molecule has 248 valence electrons. The molecule has 0 saturated carbocycles. The van der Waals surface area contributed by atoms with E-state index in [0.29, 0.717) is 31.5 Å². The van der Waals surface area contributed by atoms with Crippen molar-refractivity contribution in [3.8, 4) is 0 Å². The maximum atomic E-state index is 14.6. The number of H-pyrrole nitrogens is 2. The van der Waals surface area contributed by atoms with Gasteiger partial charge >= 0.3 is 13.4 Å². The summed E-state index contributed by atoms with van der Waals surface area (Å²) in [5, 5.41) is 20.9. The van der Waals surface area contributed by atoms with Gasteiger partial charge in [-0.2, -0.15) is 4.98 Å². The van der Waals surface area contributed by atoms with Crippen molar-refractivity contribution in [1.82, 2.24) is 33.7 Å². The Balaban J connectivity index is 1.36. The fraction of sp³-hybridized carbons (Fsp3) is 0.654. The Labute approximate surface area is 256 Å². The van der Waals surface area contributed by atoms with E-state index in [2.05, 4.69) is 19.9 Å². The Kier molecular flexibility index (Phi) is 10.0. The summed E-state index contributed by atoms with van der Waals surface area (Å²) in [6.45, 7) is 5.31. The number of nitrogen functional groups attached to an aromatic ring is 1. The number of aromatic nitrogens is 6. The average molecular weight is 655 g/mol. The van der Waals surface area contributed by atoms with Gasteiger partial charge in [-0.05, 0) is 19.8 Å². The van der Waals surface area contributed by atoms with Crippen LogP contribution in [0, 0.1) is 6.92 Å². The van der Waals surface area contributed by atoms with E-state index in [1.54, 1.807) is 11.6 Å². The van der Waals surface area contributed by atoms with Crippen molar-refractivity contribution in [1.29, 1.82) is 0 Å². The van der Waals surface area contributed by atoms with Crippen LogP contribution in [0.2, 0.25) is 0 Å². The van der Waals surface area contributed by atoms with Crippen molar-refractivity contribution >= 4 is 24.9 Å². The van der Waals surface area contributed by atoms with E-state index in [9.17, 15) is 29.2 Å². The Hall–Kier alpha value is -3.22. The van der Waals surface area contributed by atoms with E-state index in [4.69, 9.17) is 24.3 Å². The molecule has 3 aromatic heterocycles. The molecule has 2 fully saturated rings. The largest absolute Gasteiger partial charge is 0.408 e. The molecule has 45 heavy (non-hydrogen) atoms. The number of hydrogen-bond donors (Lipinski definition) is 5. The Morgan fingerprint density at radius 3 is 2.47 bits per heavy atom. The van der Waals surface area contributed by atoms with Crippen molar-refractivity contribution < 1.29 is 33.3 Å². The first-order chi connectivity index (χ1) is 21.5. The Morgan fingerprint density at radius 1 is 1.09 bits per heavy atom. The zero-order chi connectivity index (χ0) is 32.5. The van der Waals surface area contributed by atoms with E-state index in [1.807, 2.05) is 13.8 Å². The fourth-order valence-corrected chi connectivity index (χ4v) is 7.67. The molecule has 3 unspecified atom stereocenters. The minimum absolute atomic E-state index is 0.0309. The van der Waals surface area contributed by atoms with E-state index in [1.165, 1.54) is 21.7 Å². The maximum Gasteiger partial charge on any atom is 0.408 e. The Bertz CT molecular complexity index is 1720. The lowest BCUT2D eigenvalue weighted by molar-refractivity contribution is -0.0551. The predicted molar refractivity (Wildman–Crippen MR) is 159 cm³/mol. The molecule has 0 bridgehead atoms. The molecule has 19 heteroatoms. The molecule has 2 aliphatic heterocycles. The van der Waals surface area contributed by atoms with Crippen LogP contribution < -0.4 is 22.5 Å². The molecule has 0 radical (unpaired) electrons. The van der Waals surface area contributed by atoms with Crippen LogP contribution in [0.5, 0.6) is 0 Å². The van der Waals surface area contributed by atoms with Gasteiger partial charge in [0.1, 0.15) is 30.8 Å². The maximum absolute atomic E-state index is 14.6. The number of aromatic amines is 2. The van der Waals surface area contributed by atoms with Crippen molar-refractivity contribution in [2.75, 3.05) is 32.0 Å². The number of fused-ring (bicyclic) bond motifs is 1. The highest BCUT2D eigenvalue weighted by Gasteiger charge is 2.46. The molecule has 2 aliphatic rings. The second kappa shape index (κ2) is 13.6. The lowest BCUT2D eigenvalue weighted by Gasteiger charge is -2.33. The third-order valence-corrected chi connectivity index (χ3v) is 9.87. The summed E-state index contributed by atoms with van der Waals surface area (Å²) in [7, 11) is -4.10. The van der Waals surface area contributed by atoms with Crippen LogP contribution in [-0.4, -0.2) is 94.7 Å². The number of nitrogens with zero attached hydrogens (tertiary/aromatic N) is 5. The molecular formula is C26H39N8O10P. The molecule has 7 atom stereocenters. The van der Waals surface area contributed by atoms with Gasteiger partial charge in [-0.1, -0.05) is 13.8 Å². The average Bonchev–Trinajstić information content (AvgIpc) is 3.70. The molecule has 0 spiro atoms. The molecule has 0 aliphatic carbocycles. The molecule has 0 aromatic carbocycles. The first kappa shape index (κ1) is 33.2. The van der Waals surface area contributed by atoms with Crippen LogP contribution in [-0.2, 0) is 23.1 Å². The molecule has 3 aromatic rings. The second-order valence-corrected chi connectivity index (χ2v) is 13.1. The Morgan fingerprint density at radius 2 is 1.78 bits per heavy atom. The highest BCUT2D eigenvalue weighted by molar-refractivity contribution is 7.51. The van der Waals surface area contributed by atoms with Gasteiger partial charge in [0, 0.05) is 37.7 Å². The van der Waals surface area contributed by atoms with Crippen LogP contribution in [0.1, 0.15) is 57.6 Å².